The molecule has 7 nitrogen and oxygen atoms in total. The Morgan fingerprint density at radius 3 is 2.22 bits per heavy atom. The Kier molecular flexibility index (Phi) is 4.94. The first-order valence-corrected chi connectivity index (χ1v) is 13.2. The number of allylic oxidation sites excluding steroid dienone is 2. The lowest BCUT2D eigenvalue weighted by Gasteiger charge is -2.37. The van der Waals surface area contributed by atoms with Gasteiger partial charge < -0.3 is 9.64 Å². The third-order valence-electron chi connectivity index (χ3n) is 9.10. The Morgan fingerprint density at radius 1 is 0.919 bits per heavy atom. The Balaban J connectivity index is 1.04. The lowest BCUT2D eigenvalue weighted by atomic mass is 9.63. The summed E-state index contributed by atoms with van der Waals surface area (Å²) in [6, 6.07) is 14.3. The van der Waals surface area contributed by atoms with Crippen LogP contribution < -0.4 is 14.5 Å². The zero-order chi connectivity index (χ0) is 25.4. The highest BCUT2D eigenvalue weighted by atomic mass is 16.5. The van der Waals surface area contributed by atoms with Gasteiger partial charge >= 0.3 is 5.97 Å². The normalized spacial score (nSPS) is 33.1. The standard InChI is InChI=1S/C30H28N2O5/c1-2-16-5-3-4-6-24(16)31-15-17(13-25(31)33)30(36)37-19-9-7-18(8-10-19)32-28(34)26-20-11-12-21(23-14-22(20)23)27(26)29(32)35/h3-12,17,20-23,26-27H,2,13-15H2,1H3/t17-,20+,21+,22-,23+,26-,27+/m1/s1. The summed E-state index contributed by atoms with van der Waals surface area (Å²) in [6.45, 7) is 2.32. The van der Waals surface area contributed by atoms with Crippen molar-refractivity contribution in [1.82, 2.24) is 0 Å². The Bertz CT molecular complexity index is 1330. The minimum absolute atomic E-state index is 0.0909. The summed E-state index contributed by atoms with van der Waals surface area (Å²) in [4.78, 5) is 55.2. The number of para-hydroxylation sites is 1. The van der Waals surface area contributed by atoms with Crippen LogP contribution in [0.3, 0.4) is 0 Å². The van der Waals surface area contributed by atoms with Gasteiger partial charge in [-0.3, -0.25) is 24.1 Å². The monoisotopic (exact) mass is 496 g/mol. The summed E-state index contributed by atoms with van der Waals surface area (Å²) in [7, 11) is 0. The summed E-state index contributed by atoms with van der Waals surface area (Å²) in [6.07, 6.45) is 6.35. The van der Waals surface area contributed by atoms with Gasteiger partial charge in [0.05, 0.1) is 23.4 Å². The fourth-order valence-corrected chi connectivity index (χ4v) is 7.25. The smallest absolute Gasteiger partial charge is 0.316 e. The van der Waals surface area contributed by atoms with Crippen molar-refractivity contribution in [1.29, 1.82) is 0 Å². The topological polar surface area (TPSA) is 84.0 Å². The Hall–Kier alpha value is -3.74. The van der Waals surface area contributed by atoms with Gasteiger partial charge in [-0.05, 0) is 72.4 Å². The number of amides is 3. The number of carbonyl (C=O) groups excluding carboxylic acids is 4. The maximum atomic E-state index is 13.3. The summed E-state index contributed by atoms with van der Waals surface area (Å²) in [5.74, 6) is -0.0156. The van der Waals surface area contributed by atoms with Crippen LogP contribution in [0.4, 0.5) is 11.4 Å². The number of benzene rings is 2. The van der Waals surface area contributed by atoms with Crippen LogP contribution in [-0.4, -0.2) is 30.2 Å². The molecule has 0 spiro atoms. The van der Waals surface area contributed by atoms with E-state index in [1.54, 1.807) is 29.2 Å². The van der Waals surface area contributed by atoms with Gasteiger partial charge in [-0.2, -0.15) is 0 Å². The Morgan fingerprint density at radius 2 is 1.57 bits per heavy atom. The third kappa shape index (κ3) is 3.32. The number of nitrogens with zero attached hydrogens (tertiary/aromatic N) is 2. The van der Waals surface area contributed by atoms with Gasteiger partial charge in [-0.15, -0.1) is 0 Å². The second kappa shape index (κ2) is 8.13. The average molecular weight is 497 g/mol. The van der Waals surface area contributed by atoms with Crippen LogP contribution in [0.5, 0.6) is 5.75 Å². The number of hydrogen-bond acceptors (Lipinski definition) is 5. The fourth-order valence-electron chi connectivity index (χ4n) is 7.25. The van der Waals surface area contributed by atoms with Gasteiger partial charge in [0.1, 0.15) is 5.75 Å². The molecule has 2 aromatic rings. The SMILES string of the molecule is CCc1ccccc1N1C[C@H](C(=O)Oc2ccc(N3C(=O)[C@@H]4[C@H]5C=C[C@@H]([C@@H]6C[C@H]56)[C@@H]4C3=O)cc2)CC1=O. The summed E-state index contributed by atoms with van der Waals surface area (Å²) < 4.78 is 5.60. The van der Waals surface area contributed by atoms with E-state index in [1.807, 2.05) is 31.2 Å². The molecular formula is C30H28N2O5. The highest BCUT2D eigenvalue weighted by molar-refractivity contribution is 6.22. The first-order valence-electron chi connectivity index (χ1n) is 13.2. The van der Waals surface area contributed by atoms with Crippen LogP contribution in [0.2, 0.25) is 0 Å². The number of rotatable bonds is 5. The molecule has 2 saturated carbocycles. The summed E-state index contributed by atoms with van der Waals surface area (Å²) >= 11 is 0. The maximum Gasteiger partial charge on any atom is 0.316 e. The molecule has 4 aliphatic carbocycles. The minimum Gasteiger partial charge on any atom is -0.426 e. The zero-order valence-corrected chi connectivity index (χ0v) is 20.6. The van der Waals surface area contributed by atoms with Crippen molar-refractivity contribution in [2.75, 3.05) is 16.3 Å². The van der Waals surface area contributed by atoms with E-state index >= 15 is 0 Å². The van der Waals surface area contributed by atoms with E-state index in [2.05, 4.69) is 12.2 Å². The number of imide groups is 1. The molecule has 37 heavy (non-hydrogen) atoms. The van der Waals surface area contributed by atoms with Crippen molar-refractivity contribution < 1.29 is 23.9 Å². The van der Waals surface area contributed by atoms with Gasteiger partial charge in [0.2, 0.25) is 17.7 Å². The molecule has 0 radical (unpaired) electrons. The number of anilines is 2. The fraction of sp³-hybridized carbons (Fsp3) is 0.400. The lowest BCUT2D eigenvalue weighted by molar-refractivity contribution is -0.139. The molecular weight excluding hydrogens is 468 g/mol. The zero-order valence-electron chi connectivity index (χ0n) is 20.6. The van der Waals surface area contributed by atoms with Crippen LogP contribution in [0, 0.1) is 41.4 Å². The highest BCUT2D eigenvalue weighted by Crippen LogP contribution is 2.65. The predicted molar refractivity (Wildman–Crippen MR) is 136 cm³/mol. The van der Waals surface area contributed by atoms with E-state index in [9.17, 15) is 19.2 Å². The van der Waals surface area contributed by atoms with E-state index in [1.165, 1.54) is 4.90 Å². The van der Waals surface area contributed by atoms with Crippen molar-refractivity contribution >= 4 is 35.1 Å². The first kappa shape index (κ1) is 22.5. The average Bonchev–Trinajstić information content (AvgIpc) is 3.59. The van der Waals surface area contributed by atoms with Crippen molar-refractivity contribution in [3.63, 3.8) is 0 Å². The van der Waals surface area contributed by atoms with Crippen molar-refractivity contribution in [2.45, 2.75) is 26.2 Å². The molecule has 4 fully saturated rings. The number of aryl methyl sites for hydroxylation is 1. The first-order chi connectivity index (χ1) is 18.0. The molecule has 6 aliphatic rings. The van der Waals surface area contributed by atoms with Crippen LogP contribution in [0.25, 0.3) is 0 Å². The van der Waals surface area contributed by atoms with Gasteiger partial charge in [0.15, 0.2) is 0 Å². The second-order valence-corrected chi connectivity index (χ2v) is 11.0. The van der Waals surface area contributed by atoms with Gasteiger partial charge in [0, 0.05) is 18.7 Å². The molecule has 7 atom stereocenters. The lowest BCUT2D eigenvalue weighted by Crippen LogP contribution is -2.40. The second-order valence-electron chi connectivity index (χ2n) is 11.0. The highest BCUT2D eigenvalue weighted by Gasteiger charge is 2.67. The van der Waals surface area contributed by atoms with Crippen molar-refractivity contribution in [3.8, 4) is 5.75 Å². The molecule has 0 N–H and O–H groups in total. The molecule has 7 heteroatoms. The number of carbonyl (C=O) groups is 4. The molecule has 2 saturated heterocycles. The van der Waals surface area contributed by atoms with Crippen molar-refractivity contribution in [3.05, 3.63) is 66.2 Å². The van der Waals surface area contributed by atoms with E-state index in [0.29, 0.717) is 23.3 Å². The van der Waals surface area contributed by atoms with E-state index in [-0.39, 0.29) is 54.4 Å². The van der Waals surface area contributed by atoms with Crippen LogP contribution in [0.15, 0.2) is 60.7 Å². The van der Waals surface area contributed by atoms with E-state index in [0.717, 1.165) is 24.1 Å². The van der Waals surface area contributed by atoms with Gasteiger partial charge in [-0.25, -0.2) is 0 Å². The molecule has 2 heterocycles. The molecule has 0 unspecified atom stereocenters. The molecule has 0 aromatic heterocycles. The maximum absolute atomic E-state index is 13.3. The third-order valence-corrected chi connectivity index (χ3v) is 9.10. The van der Waals surface area contributed by atoms with Crippen LogP contribution >= 0.6 is 0 Å². The molecule has 2 aromatic carbocycles. The number of hydrogen-bond donors (Lipinski definition) is 0. The molecule has 2 bridgehead atoms. The molecule has 3 amide bonds. The molecule has 2 aliphatic heterocycles. The largest absolute Gasteiger partial charge is 0.426 e. The van der Waals surface area contributed by atoms with E-state index < -0.39 is 11.9 Å². The molecule has 188 valence electrons. The minimum atomic E-state index is -0.559. The predicted octanol–water partition coefficient (Wildman–Crippen LogP) is 3.77. The quantitative estimate of drug-likeness (QED) is 0.272. The Labute approximate surface area is 215 Å². The van der Waals surface area contributed by atoms with Gasteiger partial charge in [0.25, 0.3) is 0 Å². The number of ether oxygens (including phenoxy) is 1. The van der Waals surface area contributed by atoms with Crippen LogP contribution in [-0.2, 0) is 25.6 Å². The number of esters is 1. The summed E-state index contributed by atoms with van der Waals surface area (Å²) in [5.41, 5.74) is 2.42. The van der Waals surface area contributed by atoms with Crippen molar-refractivity contribution in [2.24, 2.45) is 41.4 Å². The molecule has 8 rings (SSSR count). The van der Waals surface area contributed by atoms with Crippen LogP contribution in [0.1, 0.15) is 25.3 Å². The summed E-state index contributed by atoms with van der Waals surface area (Å²) in [5, 5.41) is 0. The van der Waals surface area contributed by atoms with Gasteiger partial charge in [-0.1, -0.05) is 37.3 Å². The van der Waals surface area contributed by atoms with E-state index in [4.69, 9.17) is 4.74 Å².